The van der Waals surface area contributed by atoms with Crippen molar-refractivity contribution in [3.63, 3.8) is 0 Å². The van der Waals surface area contributed by atoms with Crippen molar-refractivity contribution >= 4 is 11.6 Å². The number of aryl methyl sites for hydroxylation is 1. The van der Waals surface area contributed by atoms with E-state index in [1.54, 1.807) is 12.1 Å². The molecule has 2 aromatic carbocycles. The molecule has 2 aromatic rings. The van der Waals surface area contributed by atoms with E-state index in [-0.39, 0.29) is 12.3 Å². The number of anilines is 1. The fourth-order valence-electron chi connectivity index (χ4n) is 1.76. The Labute approximate surface area is 121 Å². The van der Waals surface area contributed by atoms with Crippen LogP contribution in [0.25, 0.3) is 0 Å². The normalized spacial score (nSPS) is 10.2. The van der Waals surface area contributed by atoms with Crippen LogP contribution >= 0.6 is 0 Å². The predicted octanol–water partition coefficient (Wildman–Crippen LogP) is 3.54. The molecule has 0 unspecified atom stereocenters. The van der Waals surface area contributed by atoms with E-state index in [1.165, 1.54) is 12.1 Å². The molecule has 0 saturated heterocycles. The van der Waals surface area contributed by atoms with Crippen LogP contribution in [0.15, 0.2) is 42.5 Å². The first-order valence-electron chi connectivity index (χ1n) is 6.55. The minimum Gasteiger partial charge on any atom is -0.484 e. The minimum atomic E-state index is -1.09. The van der Waals surface area contributed by atoms with E-state index in [0.29, 0.717) is 5.75 Å². The molecule has 1 amide bonds. The molecule has 0 radical (unpaired) electrons. The van der Waals surface area contributed by atoms with Crippen molar-refractivity contribution in [3.05, 3.63) is 59.7 Å². The van der Waals surface area contributed by atoms with Gasteiger partial charge >= 0.3 is 0 Å². The summed E-state index contributed by atoms with van der Waals surface area (Å²) in [4.78, 5) is 11.6. The zero-order chi connectivity index (χ0) is 15.2. The van der Waals surface area contributed by atoms with Gasteiger partial charge in [0, 0.05) is 0 Å². The van der Waals surface area contributed by atoms with Gasteiger partial charge in [-0.05, 0) is 36.2 Å². The standard InChI is InChI=1S/C16H15F2NO2/c1-2-11-6-8-12(9-7-11)21-10-15(20)19-14-5-3-4-13(17)16(14)18/h3-9H,2,10H2,1H3,(H,19,20). The van der Waals surface area contributed by atoms with Gasteiger partial charge in [0.05, 0.1) is 5.69 Å². The van der Waals surface area contributed by atoms with Crippen molar-refractivity contribution in [1.82, 2.24) is 0 Å². The average molecular weight is 291 g/mol. The largest absolute Gasteiger partial charge is 0.484 e. The maximum absolute atomic E-state index is 13.4. The summed E-state index contributed by atoms with van der Waals surface area (Å²) in [5.41, 5.74) is 0.957. The summed E-state index contributed by atoms with van der Waals surface area (Å²) in [6.45, 7) is 1.76. The first kappa shape index (κ1) is 15.0. The highest BCUT2D eigenvalue weighted by Crippen LogP contribution is 2.17. The zero-order valence-corrected chi connectivity index (χ0v) is 11.5. The van der Waals surface area contributed by atoms with Gasteiger partial charge in [-0.15, -0.1) is 0 Å². The summed E-state index contributed by atoms with van der Waals surface area (Å²) in [6, 6.07) is 10.9. The Morgan fingerprint density at radius 2 is 1.86 bits per heavy atom. The predicted molar refractivity (Wildman–Crippen MR) is 76.3 cm³/mol. The fourth-order valence-corrected chi connectivity index (χ4v) is 1.76. The van der Waals surface area contributed by atoms with E-state index in [1.807, 2.05) is 19.1 Å². The smallest absolute Gasteiger partial charge is 0.262 e. The number of hydrogen-bond acceptors (Lipinski definition) is 2. The molecule has 0 spiro atoms. The molecule has 0 atom stereocenters. The number of halogens is 2. The van der Waals surface area contributed by atoms with Gasteiger partial charge in [-0.3, -0.25) is 4.79 Å². The third-order valence-corrected chi connectivity index (χ3v) is 2.93. The third kappa shape index (κ3) is 4.02. The second kappa shape index (κ2) is 6.83. The van der Waals surface area contributed by atoms with E-state index >= 15 is 0 Å². The molecule has 110 valence electrons. The topological polar surface area (TPSA) is 38.3 Å². The minimum absolute atomic E-state index is 0.204. The number of carbonyl (C=O) groups is 1. The Hall–Kier alpha value is -2.43. The van der Waals surface area contributed by atoms with Gasteiger partial charge < -0.3 is 10.1 Å². The maximum Gasteiger partial charge on any atom is 0.262 e. The van der Waals surface area contributed by atoms with Gasteiger partial charge in [-0.25, -0.2) is 8.78 Å². The second-order valence-corrected chi connectivity index (χ2v) is 4.44. The number of benzene rings is 2. The van der Waals surface area contributed by atoms with Crippen LogP contribution in [0.1, 0.15) is 12.5 Å². The van der Waals surface area contributed by atoms with Crippen LogP contribution in [0, 0.1) is 11.6 Å². The lowest BCUT2D eigenvalue weighted by Gasteiger charge is -2.09. The van der Waals surface area contributed by atoms with Crippen LogP contribution in [-0.4, -0.2) is 12.5 Å². The maximum atomic E-state index is 13.4. The van der Waals surface area contributed by atoms with E-state index in [2.05, 4.69) is 5.32 Å². The van der Waals surface area contributed by atoms with Gasteiger partial charge in [0.2, 0.25) is 0 Å². The van der Waals surface area contributed by atoms with Crippen molar-refractivity contribution < 1.29 is 18.3 Å². The first-order valence-corrected chi connectivity index (χ1v) is 6.55. The molecule has 5 heteroatoms. The second-order valence-electron chi connectivity index (χ2n) is 4.44. The van der Waals surface area contributed by atoms with Crippen LogP contribution in [-0.2, 0) is 11.2 Å². The van der Waals surface area contributed by atoms with Crippen molar-refractivity contribution in [2.75, 3.05) is 11.9 Å². The number of hydrogen-bond donors (Lipinski definition) is 1. The van der Waals surface area contributed by atoms with Crippen LogP contribution in [0.5, 0.6) is 5.75 Å². The first-order chi connectivity index (χ1) is 10.1. The molecule has 0 aromatic heterocycles. The van der Waals surface area contributed by atoms with Crippen LogP contribution < -0.4 is 10.1 Å². The third-order valence-electron chi connectivity index (χ3n) is 2.93. The number of nitrogens with one attached hydrogen (secondary N) is 1. The van der Waals surface area contributed by atoms with Crippen molar-refractivity contribution in [2.45, 2.75) is 13.3 Å². The molecular weight excluding hydrogens is 276 g/mol. The Bertz CT molecular complexity index is 627. The van der Waals surface area contributed by atoms with E-state index in [9.17, 15) is 13.6 Å². The highest BCUT2D eigenvalue weighted by atomic mass is 19.2. The van der Waals surface area contributed by atoms with E-state index in [0.717, 1.165) is 18.1 Å². The van der Waals surface area contributed by atoms with E-state index < -0.39 is 17.5 Å². The highest BCUT2D eigenvalue weighted by Gasteiger charge is 2.11. The number of carbonyl (C=O) groups excluding carboxylic acids is 1. The molecule has 0 heterocycles. The summed E-state index contributed by atoms with van der Waals surface area (Å²) >= 11 is 0. The molecule has 0 bridgehead atoms. The average Bonchev–Trinajstić information content (AvgIpc) is 2.50. The number of ether oxygens (including phenoxy) is 1. The van der Waals surface area contributed by atoms with Crippen molar-refractivity contribution in [3.8, 4) is 5.75 Å². The molecule has 0 aliphatic heterocycles. The number of amides is 1. The summed E-state index contributed by atoms with van der Waals surface area (Å²) in [7, 11) is 0. The molecule has 0 fully saturated rings. The number of rotatable bonds is 5. The van der Waals surface area contributed by atoms with E-state index in [4.69, 9.17) is 4.74 Å². The molecule has 21 heavy (non-hydrogen) atoms. The quantitative estimate of drug-likeness (QED) is 0.915. The Balaban J connectivity index is 1.91. The van der Waals surface area contributed by atoms with Gasteiger partial charge in [0.15, 0.2) is 18.2 Å². The van der Waals surface area contributed by atoms with Gasteiger partial charge in [0.25, 0.3) is 5.91 Å². The van der Waals surface area contributed by atoms with Gasteiger partial charge in [-0.1, -0.05) is 25.1 Å². The van der Waals surface area contributed by atoms with Crippen molar-refractivity contribution in [2.24, 2.45) is 0 Å². The Morgan fingerprint density at radius 3 is 2.52 bits per heavy atom. The molecule has 0 saturated carbocycles. The summed E-state index contributed by atoms with van der Waals surface area (Å²) in [6.07, 6.45) is 0.916. The summed E-state index contributed by atoms with van der Waals surface area (Å²) < 4.78 is 31.7. The SMILES string of the molecule is CCc1ccc(OCC(=O)Nc2cccc(F)c2F)cc1. The lowest BCUT2D eigenvalue weighted by Crippen LogP contribution is -2.21. The molecule has 2 rings (SSSR count). The fraction of sp³-hybridized carbons (Fsp3) is 0.188. The summed E-state index contributed by atoms with van der Waals surface area (Å²) in [5, 5.41) is 2.26. The Kier molecular flexibility index (Phi) is 4.87. The molecular formula is C16H15F2NO2. The van der Waals surface area contributed by atoms with Gasteiger partial charge in [0.1, 0.15) is 5.75 Å². The van der Waals surface area contributed by atoms with Gasteiger partial charge in [-0.2, -0.15) is 0 Å². The highest BCUT2D eigenvalue weighted by molar-refractivity contribution is 5.91. The monoisotopic (exact) mass is 291 g/mol. The summed E-state index contributed by atoms with van der Waals surface area (Å²) in [5.74, 6) is -2.11. The molecule has 0 aliphatic carbocycles. The van der Waals surface area contributed by atoms with Crippen LogP contribution in [0.4, 0.5) is 14.5 Å². The van der Waals surface area contributed by atoms with Crippen LogP contribution in [0.3, 0.4) is 0 Å². The zero-order valence-electron chi connectivity index (χ0n) is 11.5. The van der Waals surface area contributed by atoms with Crippen LogP contribution in [0.2, 0.25) is 0 Å². The lowest BCUT2D eigenvalue weighted by molar-refractivity contribution is -0.118. The molecule has 0 aliphatic rings. The molecule has 3 nitrogen and oxygen atoms in total. The van der Waals surface area contributed by atoms with Crippen molar-refractivity contribution in [1.29, 1.82) is 0 Å². The lowest BCUT2D eigenvalue weighted by atomic mass is 10.2. The molecule has 1 N–H and O–H groups in total. The Morgan fingerprint density at radius 1 is 1.14 bits per heavy atom.